The van der Waals surface area contributed by atoms with Crippen molar-refractivity contribution in [3.05, 3.63) is 30.3 Å². The van der Waals surface area contributed by atoms with Crippen molar-refractivity contribution in [3.8, 4) is 0 Å². The Hall–Kier alpha value is -0.520. The van der Waals surface area contributed by atoms with Gasteiger partial charge in [-0.2, -0.15) is 11.8 Å². The molecule has 0 aliphatic carbocycles. The van der Waals surface area contributed by atoms with E-state index < -0.39 is 10.0 Å². The summed E-state index contributed by atoms with van der Waals surface area (Å²) in [6, 6.07) is 8.42. The molecule has 0 bridgehead atoms. The van der Waals surface area contributed by atoms with Crippen molar-refractivity contribution in [2.75, 3.05) is 18.6 Å². The van der Waals surface area contributed by atoms with Crippen LogP contribution in [0.4, 0.5) is 0 Å². The summed E-state index contributed by atoms with van der Waals surface area (Å²) >= 11 is 1.71. The highest BCUT2D eigenvalue weighted by Crippen LogP contribution is 2.06. The molecule has 0 fully saturated rings. The second kappa shape index (κ2) is 6.15. The maximum Gasteiger partial charge on any atom is 0.240 e. The van der Waals surface area contributed by atoms with Gasteiger partial charge in [-0.3, -0.25) is 0 Å². The van der Waals surface area contributed by atoms with Crippen molar-refractivity contribution in [3.63, 3.8) is 0 Å². The molecule has 1 rings (SSSR count). The summed E-state index contributed by atoms with van der Waals surface area (Å²) in [5.41, 5.74) is 0. The van der Waals surface area contributed by atoms with E-state index >= 15 is 0 Å². The van der Waals surface area contributed by atoms with Crippen molar-refractivity contribution in [2.45, 2.75) is 11.3 Å². The van der Waals surface area contributed by atoms with Gasteiger partial charge in [-0.1, -0.05) is 18.2 Å². The van der Waals surface area contributed by atoms with Crippen LogP contribution in [0.3, 0.4) is 0 Å². The molecule has 0 amide bonds. The lowest BCUT2D eigenvalue weighted by atomic mass is 10.4. The highest BCUT2D eigenvalue weighted by molar-refractivity contribution is 7.98. The van der Waals surface area contributed by atoms with E-state index in [-0.39, 0.29) is 0 Å². The average molecular weight is 245 g/mol. The standard InChI is InChI=1S/C10H15NO2S2/c1-14-9-5-8-11-15(12,13)10-6-3-2-4-7-10/h2-4,6-7,11H,5,8-9H2,1H3. The molecule has 84 valence electrons. The maximum atomic E-state index is 11.7. The van der Waals surface area contributed by atoms with Gasteiger partial charge in [0, 0.05) is 6.54 Å². The van der Waals surface area contributed by atoms with Crippen LogP contribution in [-0.2, 0) is 10.0 Å². The summed E-state index contributed by atoms with van der Waals surface area (Å²) < 4.78 is 25.9. The van der Waals surface area contributed by atoms with Crippen LogP contribution >= 0.6 is 11.8 Å². The molecule has 0 atom stereocenters. The third kappa shape index (κ3) is 4.24. The SMILES string of the molecule is CSCCCNS(=O)(=O)c1ccccc1. The Morgan fingerprint density at radius 2 is 1.93 bits per heavy atom. The van der Waals surface area contributed by atoms with Gasteiger partial charge in [0.1, 0.15) is 0 Å². The summed E-state index contributed by atoms with van der Waals surface area (Å²) in [5, 5.41) is 0. The molecule has 0 saturated heterocycles. The summed E-state index contributed by atoms with van der Waals surface area (Å²) in [5.74, 6) is 0.970. The fourth-order valence-electron chi connectivity index (χ4n) is 1.11. The molecule has 3 nitrogen and oxygen atoms in total. The number of hydrogen-bond acceptors (Lipinski definition) is 3. The van der Waals surface area contributed by atoms with Crippen molar-refractivity contribution in [2.24, 2.45) is 0 Å². The quantitative estimate of drug-likeness (QED) is 0.776. The molecule has 0 saturated carbocycles. The van der Waals surface area contributed by atoms with Gasteiger partial charge in [0.15, 0.2) is 0 Å². The topological polar surface area (TPSA) is 46.2 Å². The van der Waals surface area contributed by atoms with Crippen LogP contribution in [0.5, 0.6) is 0 Å². The normalized spacial score (nSPS) is 11.5. The molecule has 0 aromatic heterocycles. The Morgan fingerprint density at radius 3 is 2.53 bits per heavy atom. The molecule has 0 radical (unpaired) electrons. The van der Waals surface area contributed by atoms with Gasteiger partial charge >= 0.3 is 0 Å². The zero-order valence-electron chi connectivity index (χ0n) is 8.64. The molecule has 0 aliphatic rings. The molecule has 1 aromatic rings. The predicted molar refractivity (Wildman–Crippen MR) is 64.6 cm³/mol. The van der Waals surface area contributed by atoms with Gasteiger partial charge < -0.3 is 0 Å². The van der Waals surface area contributed by atoms with Crippen LogP contribution in [0.25, 0.3) is 0 Å². The van der Waals surface area contributed by atoms with E-state index in [0.717, 1.165) is 12.2 Å². The lowest BCUT2D eigenvalue weighted by Gasteiger charge is -2.05. The number of sulfonamides is 1. The minimum Gasteiger partial charge on any atom is -0.211 e. The van der Waals surface area contributed by atoms with E-state index in [2.05, 4.69) is 4.72 Å². The van der Waals surface area contributed by atoms with Crippen LogP contribution in [0.1, 0.15) is 6.42 Å². The van der Waals surface area contributed by atoms with Crippen LogP contribution in [0, 0.1) is 0 Å². The smallest absolute Gasteiger partial charge is 0.211 e. The van der Waals surface area contributed by atoms with Gasteiger partial charge in [0.25, 0.3) is 0 Å². The van der Waals surface area contributed by atoms with Crippen LogP contribution in [0.15, 0.2) is 35.2 Å². The van der Waals surface area contributed by atoms with Gasteiger partial charge in [-0.15, -0.1) is 0 Å². The third-order valence-corrected chi connectivity index (χ3v) is 4.04. The van der Waals surface area contributed by atoms with Gasteiger partial charge in [-0.05, 0) is 30.6 Å². The van der Waals surface area contributed by atoms with Gasteiger partial charge in [-0.25, -0.2) is 13.1 Å². The van der Waals surface area contributed by atoms with E-state index in [1.165, 1.54) is 0 Å². The van der Waals surface area contributed by atoms with E-state index in [1.54, 1.807) is 42.1 Å². The Balaban J connectivity index is 2.53. The first-order valence-corrected chi connectivity index (χ1v) is 7.58. The van der Waals surface area contributed by atoms with Crippen molar-refractivity contribution >= 4 is 21.8 Å². The van der Waals surface area contributed by atoms with Gasteiger partial charge in [0.2, 0.25) is 10.0 Å². The summed E-state index contributed by atoms with van der Waals surface area (Å²) in [6.45, 7) is 0.498. The fourth-order valence-corrected chi connectivity index (χ4v) is 2.63. The fraction of sp³-hybridized carbons (Fsp3) is 0.400. The molecule has 1 N–H and O–H groups in total. The minimum absolute atomic E-state index is 0.328. The molecule has 0 unspecified atom stereocenters. The average Bonchev–Trinajstić information content (AvgIpc) is 2.26. The zero-order valence-corrected chi connectivity index (χ0v) is 10.3. The molecule has 0 spiro atoms. The molecular formula is C10H15NO2S2. The van der Waals surface area contributed by atoms with E-state index in [4.69, 9.17) is 0 Å². The Morgan fingerprint density at radius 1 is 1.27 bits per heavy atom. The van der Waals surface area contributed by atoms with Gasteiger partial charge in [0.05, 0.1) is 4.90 Å². The van der Waals surface area contributed by atoms with Crippen LogP contribution in [-0.4, -0.2) is 27.0 Å². The van der Waals surface area contributed by atoms with E-state index in [0.29, 0.717) is 11.4 Å². The molecule has 15 heavy (non-hydrogen) atoms. The Kier molecular flexibility index (Phi) is 5.14. The largest absolute Gasteiger partial charge is 0.240 e. The Bertz CT molecular complexity index is 376. The summed E-state index contributed by atoms with van der Waals surface area (Å²) in [6.07, 6.45) is 2.86. The highest BCUT2D eigenvalue weighted by Gasteiger charge is 2.11. The first-order valence-electron chi connectivity index (χ1n) is 4.70. The molecule has 0 heterocycles. The van der Waals surface area contributed by atoms with Crippen molar-refractivity contribution in [1.29, 1.82) is 0 Å². The number of nitrogens with one attached hydrogen (secondary N) is 1. The van der Waals surface area contributed by atoms with Crippen LogP contribution < -0.4 is 4.72 Å². The molecular weight excluding hydrogens is 230 g/mol. The van der Waals surface area contributed by atoms with Crippen molar-refractivity contribution in [1.82, 2.24) is 4.72 Å². The molecule has 0 aliphatic heterocycles. The monoisotopic (exact) mass is 245 g/mol. The Labute approximate surface area is 95.3 Å². The minimum atomic E-state index is -3.30. The second-order valence-electron chi connectivity index (χ2n) is 3.06. The number of benzene rings is 1. The maximum absolute atomic E-state index is 11.7. The summed E-state index contributed by atoms with van der Waals surface area (Å²) in [4.78, 5) is 0.328. The lowest BCUT2D eigenvalue weighted by Crippen LogP contribution is -2.25. The molecule has 1 aromatic carbocycles. The lowest BCUT2D eigenvalue weighted by molar-refractivity contribution is 0.581. The van der Waals surface area contributed by atoms with Crippen LogP contribution in [0.2, 0.25) is 0 Å². The second-order valence-corrected chi connectivity index (χ2v) is 5.81. The first-order chi connectivity index (χ1) is 7.17. The number of hydrogen-bond donors (Lipinski definition) is 1. The highest BCUT2D eigenvalue weighted by atomic mass is 32.2. The van der Waals surface area contributed by atoms with E-state index in [1.807, 2.05) is 6.26 Å². The predicted octanol–water partition coefficient (Wildman–Crippen LogP) is 1.72. The first kappa shape index (κ1) is 12.5. The van der Waals surface area contributed by atoms with Crippen molar-refractivity contribution < 1.29 is 8.42 Å². The zero-order chi connectivity index (χ0) is 11.1. The molecule has 5 heteroatoms. The third-order valence-electron chi connectivity index (χ3n) is 1.87. The summed E-state index contributed by atoms with van der Waals surface area (Å²) in [7, 11) is -3.30. The van der Waals surface area contributed by atoms with E-state index in [9.17, 15) is 8.42 Å². The number of rotatable bonds is 6. The number of thioether (sulfide) groups is 1.